The molecule has 2 fully saturated rings. The van der Waals surface area contributed by atoms with Crippen LogP contribution in [-0.4, -0.2) is 44.8 Å². The molecule has 1 N–H and O–H groups in total. The second-order valence-corrected chi connectivity index (χ2v) is 6.12. The third-order valence-electron chi connectivity index (χ3n) is 4.29. The Labute approximate surface area is 135 Å². The summed E-state index contributed by atoms with van der Waals surface area (Å²) in [5.41, 5.74) is 1.81. The van der Waals surface area contributed by atoms with E-state index >= 15 is 0 Å². The zero-order valence-corrected chi connectivity index (χ0v) is 13.3. The van der Waals surface area contributed by atoms with Gasteiger partial charge in [-0.1, -0.05) is 6.92 Å². The van der Waals surface area contributed by atoms with E-state index in [0.717, 1.165) is 38.4 Å². The second-order valence-electron chi connectivity index (χ2n) is 6.12. The number of hydrogen-bond donors (Lipinski definition) is 1. The first-order valence-corrected chi connectivity index (χ1v) is 8.03. The lowest BCUT2D eigenvalue weighted by Gasteiger charge is -2.28. The number of nitrogens with one attached hydrogen (secondary N) is 1. The largest absolute Gasteiger partial charge is 0.455 e. The van der Waals surface area contributed by atoms with E-state index in [1.165, 1.54) is 0 Å². The number of morpholine rings is 1. The number of amides is 1. The minimum absolute atomic E-state index is 0.0180. The SMILES string of the molecule is C[C@H]1C[C@H]1C(=O)OCC(=O)Nc1ccc(N2CCOCC2)cc1. The molecule has 23 heavy (non-hydrogen) atoms. The van der Waals surface area contributed by atoms with E-state index in [1.54, 1.807) is 0 Å². The van der Waals surface area contributed by atoms with Crippen molar-refractivity contribution in [3.8, 4) is 0 Å². The molecule has 6 nitrogen and oxygen atoms in total. The smallest absolute Gasteiger partial charge is 0.309 e. The number of nitrogens with zero attached hydrogens (tertiary/aromatic N) is 1. The fraction of sp³-hybridized carbons (Fsp3) is 0.529. The molecule has 0 radical (unpaired) electrons. The molecule has 6 heteroatoms. The second kappa shape index (κ2) is 7.00. The molecule has 1 saturated heterocycles. The average molecular weight is 318 g/mol. The van der Waals surface area contributed by atoms with Crippen molar-refractivity contribution in [3.63, 3.8) is 0 Å². The highest BCUT2D eigenvalue weighted by Crippen LogP contribution is 2.38. The van der Waals surface area contributed by atoms with E-state index in [2.05, 4.69) is 10.2 Å². The first-order valence-electron chi connectivity index (χ1n) is 8.03. The van der Waals surface area contributed by atoms with Gasteiger partial charge in [0.05, 0.1) is 19.1 Å². The molecule has 124 valence electrons. The number of hydrogen-bond acceptors (Lipinski definition) is 5. The standard InChI is InChI=1S/C17H22N2O4/c1-12-10-15(12)17(21)23-11-16(20)18-13-2-4-14(5-3-13)19-6-8-22-9-7-19/h2-5,12,15H,6-11H2,1H3,(H,18,20)/t12-,15+/m0/s1. The molecule has 0 unspecified atom stereocenters. The van der Waals surface area contributed by atoms with Gasteiger partial charge in [0.15, 0.2) is 6.61 Å². The molecule has 1 aromatic rings. The topological polar surface area (TPSA) is 67.9 Å². The zero-order valence-electron chi connectivity index (χ0n) is 13.3. The molecule has 1 heterocycles. The molecule has 0 spiro atoms. The average Bonchev–Trinajstić information content (AvgIpc) is 3.31. The molecule has 1 amide bonds. The highest BCUT2D eigenvalue weighted by molar-refractivity contribution is 5.93. The summed E-state index contributed by atoms with van der Waals surface area (Å²) in [6.07, 6.45) is 0.865. The summed E-state index contributed by atoms with van der Waals surface area (Å²) < 4.78 is 10.3. The Balaban J connectivity index is 1.45. The van der Waals surface area contributed by atoms with Gasteiger partial charge in [-0.15, -0.1) is 0 Å². The lowest BCUT2D eigenvalue weighted by molar-refractivity contribution is -0.148. The van der Waals surface area contributed by atoms with Crippen molar-refractivity contribution in [3.05, 3.63) is 24.3 Å². The summed E-state index contributed by atoms with van der Waals surface area (Å²) in [5, 5.41) is 2.74. The van der Waals surface area contributed by atoms with Crippen molar-refractivity contribution in [1.29, 1.82) is 0 Å². The van der Waals surface area contributed by atoms with Crippen molar-refractivity contribution in [1.82, 2.24) is 0 Å². The van der Waals surface area contributed by atoms with Crippen molar-refractivity contribution >= 4 is 23.3 Å². The number of carbonyl (C=O) groups is 2. The van der Waals surface area contributed by atoms with Crippen LogP contribution in [0.2, 0.25) is 0 Å². The van der Waals surface area contributed by atoms with Crippen LogP contribution in [0.4, 0.5) is 11.4 Å². The Morgan fingerprint density at radius 1 is 1.26 bits per heavy atom. The van der Waals surface area contributed by atoms with Crippen LogP contribution in [0.1, 0.15) is 13.3 Å². The van der Waals surface area contributed by atoms with Crippen LogP contribution in [-0.2, 0) is 19.1 Å². The summed E-state index contributed by atoms with van der Waals surface area (Å²) in [4.78, 5) is 25.6. The lowest BCUT2D eigenvalue weighted by atomic mass is 10.2. The first-order chi connectivity index (χ1) is 11.1. The van der Waals surface area contributed by atoms with Crippen LogP contribution in [0.15, 0.2) is 24.3 Å². The Morgan fingerprint density at radius 2 is 1.91 bits per heavy atom. The van der Waals surface area contributed by atoms with Crippen molar-refractivity contribution in [2.24, 2.45) is 11.8 Å². The molecule has 1 aliphatic carbocycles. The van der Waals surface area contributed by atoms with Gasteiger partial charge in [-0.05, 0) is 36.6 Å². The monoisotopic (exact) mass is 318 g/mol. The lowest BCUT2D eigenvalue weighted by Crippen LogP contribution is -2.36. The van der Waals surface area contributed by atoms with E-state index < -0.39 is 0 Å². The first kappa shape index (κ1) is 15.8. The summed E-state index contributed by atoms with van der Waals surface area (Å²) in [6.45, 7) is 5.00. The van der Waals surface area contributed by atoms with Crippen molar-refractivity contribution in [2.75, 3.05) is 43.1 Å². The predicted octanol–water partition coefficient (Wildman–Crippen LogP) is 1.66. The van der Waals surface area contributed by atoms with Gasteiger partial charge in [0.25, 0.3) is 5.91 Å². The number of carbonyl (C=O) groups excluding carboxylic acids is 2. The fourth-order valence-electron chi connectivity index (χ4n) is 2.67. The van der Waals surface area contributed by atoms with Gasteiger partial charge in [-0.3, -0.25) is 9.59 Å². The minimum Gasteiger partial charge on any atom is -0.455 e. The Kier molecular flexibility index (Phi) is 4.81. The summed E-state index contributed by atoms with van der Waals surface area (Å²) in [6, 6.07) is 7.65. The van der Waals surface area contributed by atoms with E-state index in [9.17, 15) is 9.59 Å². The van der Waals surface area contributed by atoms with Gasteiger partial charge in [-0.25, -0.2) is 0 Å². The fourth-order valence-corrected chi connectivity index (χ4v) is 2.67. The maximum absolute atomic E-state index is 11.8. The molecule has 2 aliphatic rings. The number of rotatable bonds is 5. The number of benzene rings is 1. The molecule has 3 rings (SSSR count). The van der Waals surface area contributed by atoms with Crippen LogP contribution in [0.5, 0.6) is 0 Å². The molecular weight excluding hydrogens is 296 g/mol. The van der Waals surface area contributed by atoms with Crippen molar-refractivity contribution < 1.29 is 19.1 Å². The van der Waals surface area contributed by atoms with Gasteiger partial charge in [0.1, 0.15) is 0 Å². The zero-order chi connectivity index (χ0) is 16.2. The van der Waals surface area contributed by atoms with Crippen LogP contribution in [0, 0.1) is 11.8 Å². The molecule has 1 saturated carbocycles. The predicted molar refractivity (Wildman–Crippen MR) is 86.3 cm³/mol. The van der Waals surface area contributed by atoms with Crippen LogP contribution >= 0.6 is 0 Å². The van der Waals surface area contributed by atoms with Gasteiger partial charge in [-0.2, -0.15) is 0 Å². The summed E-state index contributed by atoms with van der Waals surface area (Å²) in [5.74, 6) is -0.213. The molecule has 1 aromatic carbocycles. The molecular formula is C17H22N2O4. The number of esters is 1. The summed E-state index contributed by atoms with van der Waals surface area (Å²) >= 11 is 0. The highest BCUT2D eigenvalue weighted by atomic mass is 16.5. The molecule has 2 atom stereocenters. The minimum atomic E-state index is -0.314. The molecule has 1 aliphatic heterocycles. The summed E-state index contributed by atoms with van der Waals surface area (Å²) in [7, 11) is 0. The molecule has 0 bridgehead atoms. The Bertz CT molecular complexity index is 566. The number of ether oxygens (including phenoxy) is 2. The van der Waals surface area contributed by atoms with Gasteiger partial charge in [0.2, 0.25) is 0 Å². The van der Waals surface area contributed by atoms with E-state index in [1.807, 2.05) is 31.2 Å². The van der Waals surface area contributed by atoms with Gasteiger partial charge in [0, 0.05) is 24.5 Å². The normalized spacial score (nSPS) is 23.3. The number of anilines is 2. The van der Waals surface area contributed by atoms with E-state index in [-0.39, 0.29) is 24.4 Å². The third-order valence-corrected chi connectivity index (χ3v) is 4.29. The third kappa shape index (κ3) is 4.22. The molecule has 0 aromatic heterocycles. The Morgan fingerprint density at radius 3 is 2.52 bits per heavy atom. The Hall–Kier alpha value is -2.08. The van der Waals surface area contributed by atoms with Crippen LogP contribution in [0.3, 0.4) is 0 Å². The van der Waals surface area contributed by atoms with Crippen LogP contribution in [0.25, 0.3) is 0 Å². The highest BCUT2D eigenvalue weighted by Gasteiger charge is 2.40. The maximum Gasteiger partial charge on any atom is 0.309 e. The maximum atomic E-state index is 11.8. The van der Waals surface area contributed by atoms with E-state index in [4.69, 9.17) is 9.47 Å². The quantitative estimate of drug-likeness (QED) is 0.836. The van der Waals surface area contributed by atoms with Gasteiger partial charge < -0.3 is 19.7 Å². The van der Waals surface area contributed by atoms with Crippen molar-refractivity contribution in [2.45, 2.75) is 13.3 Å². The van der Waals surface area contributed by atoms with Crippen LogP contribution < -0.4 is 10.2 Å². The van der Waals surface area contributed by atoms with E-state index in [0.29, 0.717) is 11.6 Å². The van der Waals surface area contributed by atoms with Gasteiger partial charge >= 0.3 is 5.97 Å².